The van der Waals surface area contributed by atoms with Crippen LogP contribution in [0.15, 0.2) is 0 Å². The van der Waals surface area contributed by atoms with E-state index in [2.05, 4.69) is 19.2 Å². The molecular formula is C19H39NO2. The van der Waals surface area contributed by atoms with Gasteiger partial charge in [0.05, 0.1) is 0 Å². The van der Waals surface area contributed by atoms with E-state index in [1.165, 1.54) is 19.3 Å². The van der Waals surface area contributed by atoms with E-state index in [1.54, 1.807) is 0 Å². The zero-order chi connectivity index (χ0) is 16.8. The van der Waals surface area contributed by atoms with Crippen LogP contribution in [0.1, 0.15) is 93.3 Å². The molecule has 3 nitrogen and oxygen atoms in total. The Morgan fingerprint density at radius 2 is 1.36 bits per heavy atom. The minimum Gasteiger partial charge on any atom is -0.356 e. The van der Waals surface area contributed by atoms with Gasteiger partial charge in [0.15, 0.2) is 0 Å². The van der Waals surface area contributed by atoms with Crippen LogP contribution in [0.5, 0.6) is 0 Å². The molecule has 0 aliphatic rings. The summed E-state index contributed by atoms with van der Waals surface area (Å²) < 4.78 is 0. The van der Waals surface area contributed by atoms with Crippen molar-refractivity contribution in [2.24, 2.45) is 11.8 Å². The molecule has 0 spiro atoms. The SMILES string of the molecule is CC(C)CCCNC(=O)CCCCCCCCC(=O)C(C)C.[HH]. The largest absolute Gasteiger partial charge is 0.356 e. The number of Topliss-reactive ketones (excluding diaryl/α,β-unsaturated/α-hetero) is 1. The first-order chi connectivity index (χ1) is 10.4. The van der Waals surface area contributed by atoms with Gasteiger partial charge in [-0.25, -0.2) is 0 Å². The highest BCUT2D eigenvalue weighted by molar-refractivity contribution is 5.80. The molecule has 0 fully saturated rings. The Hall–Kier alpha value is -0.860. The van der Waals surface area contributed by atoms with Crippen LogP contribution in [-0.2, 0) is 9.59 Å². The van der Waals surface area contributed by atoms with Crippen LogP contribution in [0.25, 0.3) is 0 Å². The van der Waals surface area contributed by atoms with Gasteiger partial charge in [0, 0.05) is 26.7 Å². The van der Waals surface area contributed by atoms with Crippen molar-refractivity contribution in [2.75, 3.05) is 6.54 Å². The van der Waals surface area contributed by atoms with Gasteiger partial charge < -0.3 is 5.32 Å². The van der Waals surface area contributed by atoms with E-state index in [0.29, 0.717) is 18.1 Å². The Morgan fingerprint density at radius 3 is 1.91 bits per heavy atom. The molecule has 0 rings (SSSR count). The van der Waals surface area contributed by atoms with Crippen molar-refractivity contribution in [2.45, 2.75) is 91.9 Å². The zero-order valence-electron chi connectivity index (χ0n) is 15.2. The van der Waals surface area contributed by atoms with Crippen molar-refractivity contribution in [3.8, 4) is 0 Å². The maximum atomic E-state index is 11.6. The van der Waals surface area contributed by atoms with Crippen LogP contribution in [0, 0.1) is 11.8 Å². The average molecular weight is 314 g/mol. The van der Waals surface area contributed by atoms with Gasteiger partial charge >= 0.3 is 0 Å². The Balaban J connectivity index is 0. The number of ketones is 1. The predicted octanol–water partition coefficient (Wildman–Crippen LogP) is 5.13. The van der Waals surface area contributed by atoms with Crippen LogP contribution in [0.3, 0.4) is 0 Å². The molecule has 0 aromatic rings. The fraction of sp³-hybridized carbons (Fsp3) is 0.895. The van der Waals surface area contributed by atoms with Gasteiger partial charge in [0.2, 0.25) is 5.91 Å². The van der Waals surface area contributed by atoms with Gasteiger partial charge in [-0.3, -0.25) is 9.59 Å². The minimum atomic E-state index is 0. The van der Waals surface area contributed by atoms with Crippen molar-refractivity contribution in [3.63, 3.8) is 0 Å². The highest BCUT2D eigenvalue weighted by atomic mass is 16.1. The number of rotatable bonds is 14. The van der Waals surface area contributed by atoms with Crippen LogP contribution in [0.4, 0.5) is 0 Å². The number of carbonyl (C=O) groups excluding carboxylic acids is 2. The van der Waals surface area contributed by atoms with Crippen molar-refractivity contribution < 1.29 is 11.0 Å². The maximum Gasteiger partial charge on any atom is 0.219 e. The number of unbranched alkanes of at least 4 members (excludes halogenated alkanes) is 5. The molecule has 0 aromatic carbocycles. The van der Waals surface area contributed by atoms with E-state index in [4.69, 9.17) is 0 Å². The zero-order valence-corrected chi connectivity index (χ0v) is 15.2. The molecule has 22 heavy (non-hydrogen) atoms. The fourth-order valence-electron chi connectivity index (χ4n) is 2.41. The number of amides is 1. The first kappa shape index (κ1) is 21.1. The highest BCUT2D eigenvalue weighted by Gasteiger charge is 2.06. The molecular weight excluding hydrogens is 274 g/mol. The Kier molecular flexibility index (Phi) is 13.2. The van der Waals surface area contributed by atoms with E-state index < -0.39 is 0 Å². The summed E-state index contributed by atoms with van der Waals surface area (Å²) in [6.07, 6.45) is 10.3. The van der Waals surface area contributed by atoms with Crippen molar-refractivity contribution in [1.82, 2.24) is 5.32 Å². The van der Waals surface area contributed by atoms with Gasteiger partial charge in [-0.15, -0.1) is 0 Å². The third kappa shape index (κ3) is 14.1. The smallest absolute Gasteiger partial charge is 0.219 e. The summed E-state index contributed by atoms with van der Waals surface area (Å²) in [6, 6.07) is 0. The molecule has 0 radical (unpaired) electrons. The summed E-state index contributed by atoms with van der Waals surface area (Å²) in [5.74, 6) is 1.48. The lowest BCUT2D eigenvalue weighted by molar-refractivity contribution is -0.122. The first-order valence-corrected chi connectivity index (χ1v) is 9.23. The summed E-state index contributed by atoms with van der Waals surface area (Å²) in [6.45, 7) is 9.18. The summed E-state index contributed by atoms with van der Waals surface area (Å²) >= 11 is 0. The highest BCUT2D eigenvalue weighted by Crippen LogP contribution is 2.10. The van der Waals surface area contributed by atoms with Gasteiger partial charge in [-0.2, -0.15) is 0 Å². The van der Waals surface area contributed by atoms with Crippen molar-refractivity contribution in [1.29, 1.82) is 0 Å². The van der Waals surface area contributed by atoms with E-state index in [0.717, 1.165) is 45.1 Å². The van der Waals surface area contributed by atoms with Crippen LogP contribution < -0.4 is 5.32 Å². The quantitative estimate of drug-likeness (QED) is 0.452. The van der Waals surface area contributed by atoms with Crippen LogP contribution in [0.2, 0.25) is 0 Å². The molecule has 0 aliphatic heterocycles. The normalized spacial score (nSPS) is 11.2. The van der Waals surface area contributed by atoms with E-state index >= 15 is 0 Å². The molecule has 0 bridgehead atoms. The molecule has 0 unspecified atom stereocenters. The molecule has 0 aliphatic carbocycles. The number of hydrogen-bond acceptors (Lipinski definition) is 2. The number of nitrogens with one attached hydrogen (secondary N) is 1. The lowest BCUT2D eigenvalue weighted by atomic mass is 10.0. The molecule has 0 saturated carbocycles. The van der Waals surface area contributed by atoms with Gasteiger partial charge in [-0.05, 0) is 31.6 Å². The Labute approximate surface area is 139 Å². The van der Waals surface area contributed by atoms with E-state index in [-0.39, 0.29) is 13.3 Å². The monoisotopic (exact) mass is 313 g/mol. The lowest BCUT2D eigenvalue weighted by Gasteiger charge is -2.07. The molecule has 1 amide bonds. The lowest BCUT2D eigenvalue weighted by Crippen LogP contribution is -2.24. The number of hydrogen-bond donors (Lipinski definition) is 1. The van der Waals surface area contributed by atoms with Crippen LogP contribution >= 0.6 is 0 Å². The predicted molar refractivity (Wildman–Crippen MR) is 96.0 cm³/mol. The average Bonchev–Trinajstić information content (AvgIpc) is 2.45. The fourth-order valence-corrected chi connectivity index (χ4v) is 2.41. The van der Waals surface area contributed by atoms with Crippen molar-refractivity contribution >= 4 is 11.7 Å². The second-order valence-corrected chi connectivity index (χ2v) is 7.13. The molecule has 0 saturated heterocycles. The maximum absolute atomic E-state index is 11.6. The standard InChI is InChI=1S/C19H37NO2.H2/c1-16(2)12-11-15-20-19(22)14-10-8-6-5-7-9-13-18(21)17(3)4;/h16-17H,5-15H2,1-4H3,(H,20,22);1H. The molecule has 3 heteroatoms. The minimum absolute atomic E-state index is 0. The topological polar surface area (TPSA) is 46.2 Å². The second-order valence-electron chi connectivity index (χ2n) is 7.13. The molecule has 0 aromatic heterocycles. The van der Waals surface area contributed by atoms with Crippen LogP contribution in [-0.4, -0.2) is 18.2 Å². The molecule has 132 valence electrons. The summed E-state index contributed by atoms with van der Waals surface area (Å²) in [5, 5.41) is 3.00. The van der Waals surface area contributed by atoms with E-state index in [9.17, 15) is 9.59 Å². The van der Waals surface area contributed by atoms with Gasteiger partial charge in [-0.1, -0.05) is 53.4 Å². The Bertz CT molecular complexity index is 304. The van der Waals surface area contributed by atoms with E-state index in [1.807, 2.05) is 13.8 Å². The third-order valence-corrected chi connectivity index (χ3v) is 4.00. The van der Waals surface area contributed by atoms with Gasteiger partial charge in [0.25, 0.3) is 0 Å². The summed E-state index contributed by atoms with van der Waals surface area (Å²) in [7, 11) is 0. The Morgan fingerprint density at radius 1 is 0.818 bits per heavy atom. The summed E-state index contributed by atoms with van der Waals surface area (Å²) in [5.41, 5.74) is 0. The molecule has 0 atom stereocenters. The second kappa shape index (κ2) is 13.8. The van der Waals surface area contributed by atoms with Crippen molar-refractivity contribution in [3.05, 3.63) is 0 Å². The number of carbonyl (C=O) groups is 2. The summed E-state index contributed by atoms with van der Waals surface area (Å²) in [4.78, 5) is 23.1. The third-order valence-electron chi connectivity index (χ3n) is 4.00. The van der Waals surface area contributed by atoms with Gasteiger partial charge in [0.1, 0.15) is 5.78 Å². The molecule has 0 heterocycles. The first-order valence-electron chi connectivity index (χ1n) is 9.23. The molecule has 1 N–H and O–H groups in total.